The van der Waals surface area contributed by atoms with Crippen LogP contribution in [-0.4, -0.2) is 30.0 Å². The molecule has 0 saturated carbocycles. The van der Waals surface area contributed by atoms with E-state index in [1.807, 2.05) is 0 Å². The van der Waals surface area contributed by atoms with Gasteiger partial charge in [-0.3, -0.25) is 0 Å². The third-order valence-corrected chi connectivity index (χ3v) is 2.30. The van der Waals surface area contributed by atoms with Crippen LogP contribution < -0.4 is 15.2 Å². The lowest BCUT2D eigenvalue weighted by Crippen LogP contribution is -2.17. The zero-order chi connectivity index (χ0) is 10.8. The number of nitrogens with two attached hydrogens (primary N) is 1. The second kappa shape index (κ2) is 3.96. The number of aromatic hydroxyl groups is 1. The van der Waals surface area contributed by atoms with Crippen LogP contribution in [0.1, 0.15) is 11.7 Å². The van der Waals surface area contributed by atoms with Crippen LogP contribution in [0.5, 0.6) is 17.2 Å². The third-order valence-electron chi connectivity index (χ3n) is 2.30. The molecule has 4 N–H and O–H groups in total. The largest absolute Gasteiger partial charge is 0.504 e. The molecule has 0 fully saturated rings. The Morgan fingerprint density at radius 2 is 2.07 bits per heavy atom. The monoisotopic (exact) mass is 211 g/mol. The van der Waals surface area contributed by atoms with Crippen molar-refractivity contribution in [3.05, 3.63) is 17.7 Å². The summed E-state index contributed by atoms with van der Waals surface area (Å²) in [5.74, 6) is 0.683. The van der Waals surface area contributed by atoms with Gasteiger partial charge in [0.1, 0.15) is 13.2 Å². The lowest BCUT2D eigenvalue weighted by molar-refractivity contribution is 0.158. The first-order valence-corrected chi connectivity index (χ1v) is 4.73. The van der Waals surface area contributed by atoms with Crippen LogP contribution in [0, 0.1) is 0 Å². The van der Waals surface area contributed by atoms with Crippen LogP contribution in [-0.2, 0) is 0 Å². The number of phenols is 1. The summed E-state index contributed by atoms with van der Waals surface area (Å²) in [4.78, 5) is 0. The fourth-order valence-electron chi connectivity index (χ4n) is 1.51. The molecule has 0 bridgehead atoms. The molecule has 1 aliphatic rings. The fourth-order valence-corrected chi connectivity index (χ4v) is 1.51. The van der Waals surface area contributed by atoms with E-state index in [0.717, 1.165) is 0 Å². The lowest BCUT2D eigenvalue weighted by atomic mass is 10.1. The molecule has 0 amide bonds. The van der Waals surface area contributed by atoms with Crippen molar-refractivity contribution in [1.82, 2.24) is 0 Å². The standard InChI is InChI=1S/C10H13NO4/c11-5-7(12)6-1-2-8-10(9(6)13)15-4-3-14-8/h1-2,7,12-13H,3-5,11H2. The summed E-state index contributed by atoms with van der Waals surface area (Å²) in [5, 5.41) is 19.3. The van der Waals surface area contributed by atoms with E-state index in [9.17, 15) is 10.2 Å². The van der Waals surface area contributed by atoms with Crippen molar-refractivity contribution in [3.8, 4) is 17.2 Å². The van der Waals surface area contributed by atoms with E-state index in [1.165, 1.54) is 0 Å². The maximum Gasteiger partial charge on any atom is 0.203 e. The van der Waals surface area contributed by atoms with Gasteiger partial charge in [-0.1, -0.05) is 0 Å². The van der Waals surface area contributed by atoms with Gasteiger partial charge in [0, 0.05) is 12.1 Å². The second-order valence-corrected chi connectivity index (χ2v) is 3.28. The maximum absolute atomic E-state index is 9.82. The highest BCUT2D eigenvalue weighted by Crippen LogP contribution is 2.42. The first-order valence-electron chi connectivity index (χ1n) is 4.73. The zero-order valence-electron chi connectivity index (χ0n) is 8.14. The van der Waals surface area contributed by atoms with Crippen LogP contribution in [0.2, 0.25) is 0 Å². The minimum Gasteiger partial charge on any atom is -0.504 e. The van der Waals surface area contributed by atoms with Gasteiger partial charge in [0.25, 0.3) is 0 Å². The molecule has 5 heteroatoms. The first kappa shape index (κ1) is 10.1. The van der Waals surface area contributed by atoms with Crippen molar-refractivity contribution in [3.63, 3.8) is 0 Å². The van der Waals surface area contributed by atoms with Gasteiger partial charge in [-0.15, -0.1) is 0 Å². The van der Waals surface area contributed by atoms with Crippen LogP contribution in [0.25, 0.3) is 0 Å². The quantitative estimate of drug-likeness (QED) is 0.648. The van der Waals surface area contributed by atoms with E-state index in [0.29, 0.717) is 24.5 Å². The summed E-state index contributed by atoms with van der Waals surface area (Å²) in [6, 6.07) is 3.24. The van der Waals surface area contributed by atoms with Crippen LogP contribution in [0.4, 0.5) is 0 Å². The molecule has 1 aromatic carbocycles. The van der Waals surface area contributed by atoms with Crippen LogP contribution >= 0.6 is 0 Å². The zero-order valence-corrected chi connectivity index (χ0v) is 8.14. The molecule has 1 aliphatic heterocycles. The van der Waals surface area contributed by atoms with E-state index in [4.69, 9.17) is 15.2 Å². The number of phenolic OH excluding ortho intramolecular Hbond substituents is 1. The molecule has 2 rings (SSSR count). The Morgan fingerprint density at radius 3 is 2.80 bits per heavy atom. The molecule has 1 aromatic rings. The Morgan fingerprint density at radius 1 is 1.33 bits per heavy atom. The number of hydrogen-bond acceptors (Lipinski definition) is 5. The van der Waals surface area contributed by atoms with Gasteiger partial charge >= 0.3 is 0 Å². The summed E-state index contributed by atoms with van der Waals surface area (Å²) >= 11 is 0. The van der Waals surface area contributed by atoms with Crippen molar-refractivity contribution in [2.75, 3.05) is 19.8 Å². The fraction of sp³-hybridized carbons (Fsp3) is 0.400. The predicted octanol–water partition coefficient (Wildman–Crippen LogP) is 0.155. The highest BCUT2D eigenvalue weighted by atomic mass is 16.6. The first-order chi connectivity index (χ1) is 7.24. The summed E-state index contributed by atoms with van der Waals surface area (Å²) in [7, 11) is 0. The van der Waals surface area contributed by atoms with Crippen molar-refractivity contribution in [2.45, 2.75) is 6.10 Å². The number of rotatable bonds is 2. The number of benzene rings is 1. The van der Waals surface area contributed by atoms with Gasteiger partial charge < -0.3 is 25.4 Å². The van der Waals surface area contributed by atoms with Gasteiger partial charge in [0.2, 0.25) is 5.75 Å². The topological polar surface area (TPSA) is 84.9 Å². The van der Waals surface area contributed by atoms with Gasteiger partial charge in [-0.2, -0.15) is 0 Å². The smallest absolute Gasteiger partial charge is 0.203 e. The van der Waals surface area contributed by atoms with E-state index in [-0.39, 0.29) is 18.0 Å². The number of fused-ring (bicyclic) bond motifs is 1. The SMILES string of the molecule is NCC(O)c1ccc2c(c1O)OCCO2. The minimum atomic E-state index is -0.888. The lowest BCUT2D eigenvalue weighted by Gasteiger charge is -2.21. The summed E-state index contributed by atoms with van der Waals surface area (Å²) in [5.41, 5.74) is 5.68. The van der Waals surface area contributed by atoms with Crippen molar-refractivity contribution < 1.29 is 19.7 Å². The molecule has 0 radical (unpaired) electrons. The van der Waals surface area contributed by atoms with E-state index < -0.39 is 6.10 Å². The number of ether oxygens (including phenoxy) is 2. The molecule has 0 aromatic heterocycles. The minimum absolute atomic E-state index is 0.0488. The Kier molecular flexibility index (Phi) is 2.66. The summed E-state index contributed by atoms with van der Waals surface area (Å²) in [6.45, 7) is 0.904. The average Bonchev–Trinajstić information content (AvgIpc) is 2.29. The predicted molar refractivity (Wildman–Crippen MR) is 53.1 cm³/mol. The van der Waals surface area contributed by atoms with Gasteiger partial charge in [-0.05, 0) is 12.1 Å². The second-order valence-electron chi connectivity index (χ2n) is 3.28. The molecule has 0 spiro atoms. The number of aliphatic hydroxyl groups is 1. The van der Waals surface area contributed by atoms with Crippen LogP contribution in [0.3, 0.4) is 0 Å². The van der Waals surface area contributed by atoms with Crippen molar-refractivity contribution in [1.29, 1.82) is 0 Å². The van der Waals surface area contributed by atoms with Gasteiger partial charge in [0.15, 0.2) is 11.5 Å². The van der Waals surface area contributed by atoms with Crippen molar-refractivity contribution >= 4 is 0 Å². The van der Waals surface area contributed by atoms with Gasteiger partial charge in [0.05, 0.1) is 6.10 Å². The Hall–Kier alpha value is -1.46. The Labute approximate surface area is 87.0 Å². The maximum atomic E-state index is 9.82. The normalized spacial score (nSPS) is 16.1. The highest BCUT2D eigenvalue weighted by Gasteiger charge is 2.21. The molecular weight excluding hydrogens is 198 g/mol. The van der Waals surface area contributed by atoms with E-state index >= 15 is 0 Å². The third kappa shape index (κ3) is 1.71. The average molecular weight is 211 g/mol. The Bertz CT molecular complexity index is 367. The molecule has 0 saturated heterocycles. The molecule has 1 heterocycles. The number of hydrogen-bond donors (Lipinski definition) is 3. The van der Waals surface area contributed by atoms with Crippen LogP contribution in [0.15, 0.2) is 12.1 Å². The Balaban J connectivity index is 2.43. The number of aliphatic hydroxyl groups excluding tert-OH is 1. The van der Waals surface area contributed by atoms with Gasteiger partial charge in [-0.25, -0.2) is 0 Å². The van der Waals surface area contributed by atoms with E-state index in [1.54, 1.807) is 12.1 Å². The molecule has 82 valence electrons. The summed E-state index contributed by atoms with van der Waals surface area (Å²) in [6.07, 6.45) is -0.888. The molecule has 0 aliphatic carbocycles. The summed E-state index contributed by atoms with van der Waals surface area (Å²) < 4.78 is 10.5. The molecule has 15 heavy (non-hydrogen) atoms. The molecule has 5 nitrogen and oxygen atoms in total. The molecule has 1 unspecified atom stereocenters. The highest BCUT2D eigenvalue weighted by molar-refractivity contribution is 5.56. The molecular formula is C10H13NO4. The van der Waals surface area contributed by atoms with E-state index in [2.05, 4.69) is 0 Å². The molecule has 1 atom stereocenters. The van der Waals surface area contributed by atoms with Crippen molar-refractivity contribution in [2.24, 2.45) is 5.73 Å².